The number of halogens is 1. The lowest BCUT2D eigenvalue weighted by Gasteiger charge is -2.11. The van der Waals surface area contributed by atoms with Gasteiger partial charge in [0.15, 0.2) is 9.84 Å². The maximum atomic E-state index is 12.4. The lowest BCUT2D eigenvalue weighted by molar-refractivity contribution is 0.0169. The SMILES string of the molecule is CS(=O)(=O)c1ccc(Br)c(S(=O)(=O)NCCCOCC2CCCO2)c1. The number of sulfone groups is 1. The average Bonchev–Trinajstić information content (AvgIpc) is 3.03. The molecule has 0 saturated carbocycles. The molecule has 0 aliphatic carbocycles. The second-order valence-electron chi connectivity index (χ2n) is 5.83. The van der Waals surface area contributed by atoms with Gasteiger partial charge in [-0.15, -0.1) is 0 Å². The Bertz CT molecular complexity index is 788. The molecule has 0 bridgehead atoms. The summed E-state index contributed by atoms with van der Waals surface area (Å²) in [6.07, 6.45) is 3.74. The monoisotopic (exact) mass is 455 g/mol. The second kappa shape index (κ2) is 8.92. The summed E-state index contributed by atoms with van der Waals surface area (Å²) in [6.45, 7) is 1.92. The minimum absolute atomic E-state index is 0.0454. The zero-order valence-electron chi connectivity index (χ0n) is 13.9. The van der Waals surface area contributed by atoms with Gasteiger partial charge in [-0.1, -0.05) is 0 Å². The van der Waals surface area contributed by atoms with Crippen LogP contribution >= 0.6 is 15.9 Å². The molecular formula is C15H22BrNO6S2. The Kier molecular flexibility index (Phi) is 7.41. The lowest BCUT2D eigenvalue weighted by atomic mass is 10.2. The first kappa shape index (κ1) is 20.8. The number of nitrogens with one attached hydrogen (secondary N) is 1. The molecule has 1 aliphatic heterocycles. The van der Waals surface area contributed by atoms with E-state index < -0.39 is 19.9 Å². The van der Waals surface area contributed by atoms with Crippen LogP contribution in [0.15, 0.2) is 32.5 Å². The van der Waals surface area contributed by atoms with Crippen LogP contribution in [0.2, 0.25) is 0 Å². The normalized spacial score (nSPS) is 18.6. The van der Waals surface area contributed by atoms with Crippen molar-refractivity contribution in [3.8, 4) is 0 Å². The third-order valence-electron chi connectivity index (χ3n) is 3.71. The molecule has 1 aromatic rings. The maximum absolute atomic E-state index is 12.4. The first-order chi connectivity index (χ1) is 11.7. The van der Waals surface area contributed by atoms with E-state index in [2.05, 4.69) is 20.7 Å². The van der Waals surface area contributed by atoms with Gasteiger partial charge in [-0.05, 0) is 53.4 Å². The van der Waals surface area contributed by atoms with Crippen molar-refractivity contribution in [2.45, 2.75) is 35.2 Å². The molecule has 0 amide bonds. The standard InChI is InChI=1S/C15H22BrNO6S2/c1-24(18,19)13-5-6-14(16)15(10-13)25(20,21)17-7-3-8-22-11-12-4-2-9-23-12/h5-6,10,12,17H,2-4,7-9,11H2,1H3. The topological polar surface area (TPSA) is 98.8 Å². The van der Waals surface area contributed by atoms with Gasteiger partial charge < -0.3 is 9.47 Å². The summed E-state index contributed by atoms with van der Waals surface area (Å²) in [5.74, 6) is 0. The largest absolute Gasteiger partial charge is 0.379 e. The number of hydrogen-bond acceptors (Lipinski definition) is 6. The van der Waals surface area contributed by atoms with E-state index in [4.69, 9.17) is 9.47 Å². The molecule has 1 aromatic carbocycles. The molecule has 2 rings (SSSR count). The molecule has 7 nitrogen and oxygen atoms in total. The summed E-state index contributed by atoms with van der Waals surface area (Å²) < 4.78 is 61.6. The Labute approximate surface area is 157 Å². The van der Waals surface area contributed by atoms with Crippen LogP contribution in [0.4, 0.5) is 0 Å². The van der Waals surface area contributed by atoms with Gasteiger partial charge in [0.25, 0.3) is 0 Å². The summed E-state index contributed by atoms with van der Waals surface area (Å²) in [6, 6.07) is 3.92. The number of rotatable bonds is 9. The zero-order valence-corrected chi connectivity index (χ0v) is 17.1. The molecular weight excluding hydrogens is 434 g/mol. The number of sulfonamides is 1. The fourth-order valence-electron chi connectivity index (χ4n) is 2.37. The molecule has 1 heterocycles. The zero-order chi connectivity index (χ0) is 18.5. The molecule has 1 aliphatic rings. The van der Waals surface area contributed by atoms with E-state index in [9.17, 15) is 16.8 Å². The first-order valence-corrected chi connectivity index (χ1v) is 12.1. The van der Waals surface area contributed by atoms with Crippen LogP contribution in [-0.4, -0.2) is 55.6 Å². The third-order valence-corrected chi connectivity index (χ3v) is 7.27. The molecule has 0 radical (unpaired) electrons. The fraction of sp³-hybridized carbons (Fsp3) is 0.600. The molecule has 1 fully saturated rings. The predicted molar refractivity (Wildman–Crippen MR) is 96.9 cm³/mol. The van der Waals surface area contributed by atoms with Gasteiger partial charge in [-0.3, -0.25) is 0 Å². The Balaban J connectivity index is 1.86. The van der Waals surface area contributed by atoms with Crippen molar-refractivity contribution in [1.82, 2.24) is 4.72 Å². The quantitative estimate of drug-likeness (QED) is 0.569. The van der Waals surface area contributed by atoms with Crippen molar-refractivity contribution in [2.24, 2.45) is 0 Å². The van der Waals surface area contributed by atoms with Crippen LogP contribution in [0.5, 0.6) is 0 Å². The summed E-state index contributed by atoms with van der Waals surface area (Å²) >= 11 is 3.15. The molecule has 1 saturated heterocycles. The van der Waals surface area contributed by atoms with Crippen LogP contribution in [-0.2, 0) is 29.3 Å². The lowest BCUT2D eigenvalue weighted by Crippen LogP contribution is -2.26. The third kappa shape index (κ3) is 6.30. The highest BCUT2D eigenvalue weighted by molar-refractivity contribution is 9.10. The Morgan fingerprint density at radius 1 is 1.32 bits per heavy atom. The summed E-state index contributed by atoms with van der Waals surface area (Å²) in [5.41, 5.74) is 0. The van der Waals surface area contributed by atoms with Gasteiger partial charge in [-0.2, -0.15) is 0 Å². The molecule has 142 valence electrons. The van der Waals surface area contributed by atoms with E-state index in [1.54, 1.807) is 0 Å². The molecule has 0 spiro atoms. The van der Waals surface area contributed by atoms with E-state index in [1.165, 1.54) is 12.1 Å². The first-order valence-electron chi connectivity index (χ1n) is 7.89. The van der Waals surface area contributed by atoms with Crippen LogP contribution in [0.1, 0.15) is 19.3 Å². The predicted octanol–water partition coefficient (Wildman–Crippen LogP) is 1.72. The average molecular weight is 456 g/mol. The van der Waals surface area contributed by atoms with Crippen molar-refractivity contribution in [3.63, 3.8) is 0 Å². The number of hydrogen-bond donors (Lipinski definition) is 1. The van der Waals surface area contributed by atoms with E-state index in [-0.39, 0.29) is 22.4 Å². The van der Waals surface area contributed by atoms with Crippen molar-refractivity contribution < 1.29 is 26.3 Å². The Morgan fingerprint density at radius 2 is 2.08 bits per heavy atom. The highest BCUT2D eigenvalue weighted by Gasteiger charge is 2.20. The molecule has 1 unspecified atom stereocenters. The summed E-state index contributed by atoms with van der Waals surface area (Å²) in [5, 5.41) is 0. The minimum Gasteiger partial charge on any atom is -0.379 e. The number of ether oxygens (including phenoxy) is 2. The van der Waals surface area contributed by atoms with E-state index >= 15 is 0 Å². The van der Waals surface area contributed by atoms with Crippen LogP contribution in [0.3, 0.4) is 0 Å². The summed E-state index contributed by atoms with van der Waals surface area (Å²) in [4.78, 5) is -0.147. The molecule has 25 heavy (non-hydrogen) atoms. The van der Waals surface area contributed by atoms with E-state index in [0.29, 0.717) is 24.1 Å². The highest BCUT2D eigenvalue weighted by atomic mass is 79.9. The van der Waals surface area contributed by atoms with Crippen molar-refractivity contribution in [3.05, 3.63) is 22.7 Å². The van der Waals surface area contributed by atoms with Gasteiger partial charge in [0.05, 0.1) is 22.5 Å². The summed E-state index contributed by atoms with van der Waals surface area (Å²) in [7, 11) is -7.31. The highest BCUT2D eigenvalue weighted by Crippen LogP contribution is 2.25. The van der Waals surface area contributed by atoms with Crippen LogP contribution < -0.4 is 4.72 Å². The van der Waals surface area contributed by atoms with Crippen molar-refractivity contribution in [1.29, 1.82) is 0 Å². The van der Waals surface area contributed by atoms with Gasteiger partial charge in [0.2, 0.25) is 10.0 Å². The van der Waals surface area contributed by atoms with Gasteiger partial charge in [0, 0.05) is 30.5 Å². The minimum atomic E-state index is -3.82. The van der Waals surface area contributed by atoms with E-state index in [1.807, 2.05) is 0 Å². The molecule has 0 aromatic heterocycles. The second-order valence-corrected chi connectivity index (χ2v) is 10.4. The van der Waals surface area contributed by atoms with Gasteiger partial charge in [-0.25, -0.2) is 21.6 Å². The molecule has 1 atom stereocenters. The van der Waals surface area contributed by atoms with Crippen molar-refractivity contribution in [2.75, 3.05) is 32.6 Å². The maximum Gasteiger partial charge on any atom is 0.241 e. The molecule has 10 heteroatoms. The molecule has 1 N–H and O–H groups in total. The van der Waals surface area contributed by atoms with Gasteiger partial charge in [0.1, 0.15) is 0 Å². The van der Waals surface area contributed by atoms with E-state index in [0.717, 1.165) is 31.8 Å². The van der Waals surface area contributed by atoms with Crippen molar-refractivity contribution >= 4 is 35.8 Å². The van der Waals surface area contributed by atoms with Crippen LogP contribution in [0.25, 0.3) is 0 Å². The Hall–Kier alpha value is -0.520. The van der Waals surface area contributed by atoms with Crippen LogP contribution in [0, 0.1) is 0 Å². The Morgan fingerprint density at radius 3 is 2.72 bits per heavy atom. The smallest absolute Gasteiger partial charge is 0.241 e. The number of benzene rings is 1. The fourth-order valence-corrected chi connectivity index (χ4v) is 5.15. The van der Waals surface area contributed by atoms with Gasteiger partial charge >= 0.3 is 0 Å².